The summed E-state index contributed by atoms with van der Waals surface area (Å²) in [6.45, 7) is 1.65. The van der Waals surface area contributed by atoms with Crippen molar-refractivity contribution in [2.45, 2.75) is 54.6 Å². The highest BCUT2D eigenvalue weighted by atomic mass is 19.4. The average Bonchev–Trinajstić information content (AvgIpc) is 2.58. The van der Waals surface area contributed by atoms with Crippen LogP contribution < -0.4 is 0 Å². The molecule has 0 aromatic heterocycles. The Bertz CT molecular complexity index is 733. The summed E-state index contributed by atoms with van der Waals surface area (Å²) in [5.74, 6) is -60.4. The van der Waals surface area contributed by atoms with Gasteiger partial charge < -0.3 is 4.74 Å². The van der Waals surface area contributed by atoms with E-state index in [9.17, 15) is 79.4 Å². The maximum Gasteiger partial charge on any atom is 0.460 e. The normalized spacial score (nSPS) is 15.6. The molecule has 0 unspecified atom stereocenters. The van der Waals surface area contributed by atoms with Gasteiger partial charge in [0, 0.05) is 0 Å². The smallest absolute Gasteiger partial charge is 0.460 e. The third-order valence-electron chi connectivity index (χ3n) is 3.62. The molecule has 19 heteroatoms. The molecule has 2 nitrogen and oxygen atoms in total. The summed E-state index contributed by atoms with van der Waals surface area (Å²) in [5.41, 5.74) is -3.10. The highest BCUT2D eigenvalue weighted by Gasteiger charge is 2.95. The zero-order valence-corrected chi connectivity index (χ0v) is 14.7. The van der Waals surface area contributed by atoms with Gasteiger partial charge in [0.05, 0.1) is 6.61 Å². The summed E-state index contributed by atoms with van der Waals surface area (Å²) >= 11 is 0. The van der Waals surface area contributed by atoms with Crippen molar-refractivity contribution in [1.29, 1.82) is 0 Å². The molecule has 0 aromatic carbocycles. The van der Waals surface area contributed by atoms with Crippen molar-refractivity contribution in [2.24, 2.45) is 0 Å². The Morgan fingerprint density at radius 3 is 1.16 bits per heavy atom. The molecular formula is C13H7F17O2. The predicted molar refractivity (Wildman–Crippen MR) is 66.5 cm³/mol. The molecule has 0 N–H and O–H groups in total. The van der Waals surface area contributed by atoms with Crippen LogP contribution in [0.25, 0.3) is 0 Å². The van der Waals surface area contributed by atoms with E-state index in [1.807, 2.05) is 0 Å². The SMILES string of the molecule is C=C(C(=O)OCC)C(F)(F)C(F)(F)C(F)(F)C(F)(F)C(F)(F)C(F)(F)C(F)(F)C(F)(F)F. The zero-order valence-electron chi connectivity index (χ0n) is 14.7. The largest absolute Gasteiger partial charge is 0.462 e. The van der Waals surface area contributed by atoms with Gasteiger partial charge >= 0.3 is 53.6 Å². The Hall–Kier alpha value is -1.98. The molecule has 0 amide bonds. The highest BCUT2D eigenvalue weighted by Crippen LogP contribution is 2.64. The lowest BCUT2D eigenvalue weighted by atomic mass is 9.87. The van der Waals surface area contributed by atoms with Crippen molar-refractivity contribution in [3.63, 3.8) is 0 Å². The first-order chi connectivity index (χ1) is 13.6. The minimum Gasteiger partial charge on any atom is -0.462 e. The Morgan fingerprint density at radius 1 is 0.594 bits per heavy atom. The molecule has 0 atom stereocenters. The second kappa shape index (κ2) is 7.81. The van der Waals surface area contributed by atoms with E-state index in [4.69, 9.17) is 0 Å². The molecule has 32 heavy (non-hydrogen) atoms. The molecule has 0 rings (SSSR count). The van der Waals surface area contributed by atoms with Crippen molar-refractivity contribution in [1.82, 2.24) is 0 Å². The fraction of sp³-hybridized carbons (Fsp3) is 0.769. The monoisotopic (exact) mass is 518 g/mol. The first-order valence-corrected chi connectivity index (χ1v) is 7.22. The van der Waals surface area contributed by atoms with Crippen molar-refractivity contribution in [2.75, 3.05) is 6.61 Å². The number of hydrogen-bond donors (Lipinski definition) is 0. The standard InChI is InChI=1S/C13H7F17O2/c1-3-32-5(31)4(2)6(14,15)7(16,17)8(18,19)9(20,21)10(22,23)11(24,25)12(26,27)13(28,29)30/h2-3H2,1H3. The van der Waals surface area contributed by atoms with Crippen molar-refractivity contribution in [3.05, 3.63) is 12.2 Å². The van der Waals surface area contributed by atoms with Crippen LogP contribution in [0.4, 0.5) is 74.6 Å². The summed E-state index contributed by atoms with van der Waals surface area (Å²) in [6, 6.07) is 0. The molecule has 0 heterocycles. The van der Waals surface area contributed by atoms with E-state index >= 15 is 0 Å². The molecule has 0 aliphatic rings. The Labute approximate surface area is 165 Å². The molecule has 0 aromatic rings. The van der Waals surface area contributed by atoms with Gasteiger partial charge in [0.15, 0.2) is 0 Å². The lowest BCUT2D eigenvalue weighted by Gasteiger charge is -2.42. The van der Waals surface area contributed by atoms with Gasteiger partial charge in [-0.1, -0.05) is 6.58 Å². The number of rotatable bonds is 9. The maximum atomic E-state index is 13.6. The second-order valence-electron chi connectivity index (χ2n) is 5.72. The van der Waals surface area contributed by atoms with Crippen molar-refractivity contribution >= 4 is 5.97 Å². The molecule has 0 aliphatic carbocycles. The van der Waals surface area contributed by atoms with Crippen LogP contribution in [0.15, 0.2) is 12.2 Å². The van der Waals surface area contributed by atoms with E-state index in [2.05, 4.69) is 4.74 Å². The molecular weight excluding hydrogens is 511 g/mol. The van der Waals surface area contributed by atoms with Crippen LogP contribution in [0.2, 0.25) is 0 Å². The number of ether oxygens (including phenoxy) is 1. The zero-order chi connectivity index (χ0) is 26.6. The van der Waals surface area contributed by atoms with Crippen molar-refractivity contribution < 1.29 is 84.2 Å². The molecule has 0 spiro atoms. The molecule has 0 saturated carbocycles. The lowest BCUT2D eigenvalue weighted by Crippen LogP contribution is -2.74. The second-order valence-corrected chi connectivity index (χ2v) is 5.72. The third kappa shape index (κ3) is 3.73. The van der Waals surface area contributed by atoms with E-state index in [0.717, 1.165) is 6.92 Å². The Kier molecular flexibility index (Phi) is 7.32. The van der Waals surface area contributed by atoms with Gasteiger partial charge in [0.2, 0.25) is 0 Å². The molecule has 0 fully saturated rings. The summed E-state index contributed by atoms with van der Waals surface area (Å²) in [6.07, 6.45) is -7.82. The summed E-state index contributed by atoms with van der Waals surface area (Å²) < 4.78 is 225. The first kappa shape index (κ1) is 30.0. The Morgan fingerprint density at radius 2 is 0.875 bits per heavy atom. The van der Waals surface area contributed by atoms with E-state index in [1.54, 1.807) is 6.58 Å². The fourth-order valence-corrected chi connectivity index (χ4v) is 1.70. The predicted octanol–water partition coefficient (Wildman–Crippen LogP) is 6.12. The molecule has 0 saturated heterocycles. The number of hydrogen-bond acceptors (Lipinski definition) is 2. The van der Waals surface area contributed by atoms with Gasteiger partial charge in [0.1, 0.15) is 5.57 Å². The van der Waals surface area contributed by atoms with Crippen LogP contribution >= 0.6 is 0 Å². The van der Waals surface area contributed by atoms with E-state index in [-0.39, 0.29) is 0 Å². The van der Waals surface area contributed by atoms with E-state index in [0.29, 0.717) is 0 Å². The number of carbonyl (C=O) groups is 1. The minimum atomic E-state index is -8.73. The molecule has 190 valence electrons. The number of alkyl halides is 17. The number of carbonyl (C=O) groups excluding carboxylic acids is 1. The minimum absolute atomic E-state index is 0.799. The van der Waals surface area contributed by atoms with Crippen LogP contribution in [0.5, 0.6) is 0 Å². The van der Waals surface area contributed by atoms with Gasteiger partial charge in [-0.05, 0) is 6.92 Å². The maximum absolute atomic E-state index is 13.6. The van der Waals surface area contributed by atoms with Gasteiger partial charge in [-0.3, -0.25) is 0 Å². The van der Waals surface area contributed by atoms with Crippen LogP contribution in [0.1, 0.15) is 6.92 Å². The third-order valence-corrected chi connectivity index (χ3v) is 3.62. The van der Waals surface area contributed by atoms with Gasteiger partial charge in [0.25, 0.3) is 0 Å². The topological polar surface area (TPSA) is 26.3 Å². The van der Waals surface area contributed by atoms with Crippen LogP contribution in [-0.2, 0) is 9.53 Å². The Balaban J connectivity index is 6.78. The lowest BCUT2D eigenvalue weighted by molar-refractivity contribution is -0.460. The molecule has 0 radical (unpaired) electrons. The number of halogens is 17. The van der Waals surface area contributed by atoms with E-state index in [1.165, 1.54) is 0 Å². The quantitative estimate of drug-likeness (QED) is 0.209. The van der Waals surface area contributed by atoms with E-state index < -0.39 is 65.8 Å². The van der Waals surface area contributed by atoms with Crippen LogP contribution in [0.3, 0.4) is 0 Å². The van der Waals surface area contributed by atoms with Gasteiger partial charge in [-0.25, -0.2) is 4.79 Å². The molecule has 0 aliphatic heterocycles. The number of esters is 1. The van der Waals surface area contributed by atoms with Crippen LogP contribution in [0, 0.1) is 0 Å². The first-order valence-electron chi connectivity index (χ1n) is 7.22. The summed E-state index contributed by atoms with van der Waals surface area (Å²) in [5, 5.41) is 0. The molecule has 0 bridgehead atoms. The van der Waals surface area contributed by atoms with Crippen LogP contribution in [-0.4, -0.2) is 60.2 Å². The highest BCUT2D eigenvalue weighted by molar-refractivity contribution is 5.89. The fourth-order valence-electron chi connectivity index (χ4n) is 1.70. The summed E-state index contributed by atoms with van der Waals surface area (Å²) in [4.78, 5) is 11.0. The average molecular weight is 518 g/mol. The van der Waals surface area contributed by atoms with Crippen molar-refractivity contribution in [3.8, 4) is 0 Å². The summed E-state index contributed by atoms with van der Waals surface area (Å²) in [7, 11) is 0. The van der Waals surface area contributed by atoms with Gasteiger partial charge in [-0.2, -0.15) is 74.6 Å². The van der Waals surface area contributed by atoms with Gasteiger partial charge in [-0.15, -0.1) is 0 Å².